The van der Waals surface area contributed by atoms with Crippen molar-refractivity contribution >= 4 is 10.9 Å². The van der Waals surface area contributed by atoms with Crippen molar-refractivity contribution in [3.05, 3.63) is 45.2 Å². The zero-order valence-electron chi connectivity index (χ0n) is 10.0. The quantitative estimate of drug-likeness (QED) is 0.855. The van der Waals surface area contributed by atoms with E-state index in [4.69, 9.17) is 5.26 Å². The highest BCUT2D eigenvalue weighted by Crippen LogP contribution is 2.19. The summed E-state index contributed by atoms with van der Waals surface area (Å²) in [7, 11) is 0. The number of benzene rings is 1. The van der Waals surface area contributed by atoms with Gasteiger partial charge in [-0.25, -0.2) is 0 Å². The lowest BCUT2D eigenvalue weighted by Gasteiger charge is -2.07. The van der Waals surface area contributed by atoms with Gasteiger partial charge in [0, 0.05) is 17.4 Å². The average molecular weight is 226 g/mol. The lowest BCUT2D eigenvalue weighted by atomic mass is 10.0. The van der Waals surface area contributed by atoms with Crippen LogP contribution in [0, 0.1) is 25.2 Å². The van der Waals surface area contributed by atoms with E-state index in [2.05, 4.69) is 11.1 Å². The Hall–Kier alpha value is -2.08. The van der Waals surface area contributed by atoms with Gasteiger partial charge in [0.1, 0.15) is 0 Å². The Morgan fingerprint density at radius 1 is 1.29 bits per heavy atom. The van der Waals surface area contributed by atoms with E-state index in [-0.39, 0.29) is 5.56 Å². The Morgan fingerprint density at radius 2 is 2.00 bits per heavy atom. The van der Waals surface area contributed by atoms with E-state index in [1.54, 1.807) is 0 Å². The monoisotopic (exact) mass is 226 g/mol. The Balaban J connectivity index is 2.68. The zero-order chi connectivity index (χ0) is 12.4. The van der Waals surface area contributed by atoms with E-state index in [1.807, 2.05) is 32.0 Å². The maximum atomic E-state index is 11.8. The molecule has 3 heteroatoms. The number of H-pyrrole nitrogens is 1. The third-order valence-electron chi connectivity index (χ3n) is 3.03. The molecule has 1 aromatic heterocycles. The minimum Gasteiger partial charge on any atom is -0.321 e. The molecule has 0 aliphatic rings. The molecule has 3 nitrogen and oxygen atoms in total. The number of aromatic amines is 1. The summed E-state index contributed by atoms with van der Waals surface area (Å²) in [5.74, 6) is 0. The normalized spacial score (nSPS) is 10.4. The van der Waals surface area contributed by atoms with Gasteiger partial charge in [0.15, 0.2) is 0 Å². The number of pyridine rings is 1. The molecule has 0 aliphatic heterocycles. The summed E-state index contributed by atoms with van der Waals surface area (Å²) in [5.41, 5.74) is 3.71. The first-order valence-corrected chi connectivity index (χ1v) is 5.62. The fraction of sp³-hybridized carbons (Fsp3) is 0.286. The van der Waals surface area contributed by atoms with Gasteiger partial charge in [-0.3, -0.25) is 4.79 Å². The maximum Gasteiger partial charge on any atom is 0.251 e. The summed E-state index contributed by atoms with van der Waals surface area (Å²) >= 11 is 0. The fourth-order valence-electron chi connectivity index (χ4n) is 1.99. The number of fused-ring (bicyclic) bond motifs is 1. The molecule has 17 heavy (non-hydrogen) atoms. The van der Waals surface area contributed by atoms with Crippen LogP contribution in [0.4, 0.5) is 0 Å². The zero-order valence-corrected chi connectivity index (χ0v) is 10.0. The van der Waals surface area contributed by atoms with Crippen molar-refractivity contribution in [2.24, 2.45) is 0 Å². The summed E-state index contributed by atoms with van der Waals surface area (Å²) < 4.78 is 0. The van der Waals surface area contributed by atoms with Crippen LogP contribution in [0.5, 0.6) is 0 Å². The Bertz CT molecular complexity index is 662. The topological polar surface area (TPSA) is 56.6 Å². The number of aryl methyl sites for hydroxylation is 3. The molecule has 2 rings (SSSR count). The molecule has 0 saturated carbocycles. The molecule has 86 valence electrons. The number of nitrogens with zero attached hydrogens (tertiary/aromatic N) is 1. The van der Waals surface area contributed by atoms with Crippen LogP contribution in [-0.4, -0.2) is 4.98 Å². The lowest BCUT2D eigenvalue weighted by molar-refractivity contribution is 0.982. The van der Waals surface area contributed by atoms with Crippen molar-refractivity contribution in [3.63, 3.8) is 0 Å². The standard InChI is InChI=1S/C14H14N2O/c1-9-5-6-10(2)13-12(9)8-11(4-3-7-15)14(17)16-13/h5-6,8H,3-4H2,1-2H3,(H,16,17). The molecule has 0 atom stereocenters. The second kappa shape index (κ2) is 4.42. The van der Waals surface area contributed by atoms with Gasteiger partial charge in [0.05, 0.1) is 11.6 Å². The SMILES string of the molecule is Cc1ccc(C)c2[nH]c(=O)c(CCC#N)cc12. The third kappa shape index (κ3) is 2.07. The minimum atomic E-state index is -0.0820. The molecule has 0 spiro atoms. The molecule has 1 aromatic carbocycles. The van der Waals surface area contributed by atoms with Crippen molar-refractivity contribution in [2.75, 3.05) is 0 Å². The van der Waals surface area contributed by atoms with Crippen LogP contribution in [0.1, 0.15) is 23.1 Å². The number of nitrogens with one attached hydrogen (secondary N) is 1. The van der Waals surface area contributed by atoms with E-state index in [9.17, 15) is 4.79 Å². The molecular formula is C14H14N2O. The molecule has 2 aromatic rings. The average Bonchev–Trinajstić information content (AvgIpc) is 2.32. The van der Waals surface area contributed by atoms with Crippen LogP contribution in [0.25, 0.3) is 10.9 Å². The van der Waals surface area contributed by atoms with Crippen LogP contribution in [0.3, 0.4) is 0 Å². The van der Waals surface area contributed by atoms with Crippen molar-refractivity contribution in [1.29, 1.82) is 5.26 Å². The van der Waals surface area contributed by atoms with Gasteiger partial charge < -0.3 is 4.98 Å². The van der Waals surface area contributed by atoms with Gasteiger partial charge in [-0.15, -0.1) is 0 Å². The molecule has 0 fully saturated rings. The second-order valence-electron chi connectivity index (χ2n) is 4.27. The number of hydrogen-bond donors (Lipinski definition) is 1. The minimum absolute atomic E-state index is 0.0820. The van der Waals surface area contributed by atoms with E-state index >= 15 is 0 Å². The van der Waals surface area contributed by atoms with E-state index < -0.39 is 0 Å². The van der Waals surface area contributed by atoms with Crippen LogP contribution >= 0.6 is 0 Å². The first kappa shape index (κ1) is 11.4. The first-order valence-electron chi connectivity index (χ1n) is 5.62. The molecule has 0 radical (unpaired) electrons. The smallest absolute Gasteiger partial charge is 0.251 e. The Morgan fingerprint density at radius 3 is 2.71 bits per heavy atom. The number of rotatable bonds is 2. The highest BCUT2D eigenvalue weighted by molar-refractivity contribution is 5.85. The van der Waals surface area contributed by atoms with Crippen molar-refractivity contribution < 1.29 is 0 Å². The molecule has 0 unspecified atom stereocenters. The van der Waals surface area contributed by atoms with E-state index in [1.165, 1.54) is 0 Å². The van der Waals surface area contributed by atoms with Gasteiger partial charge in [0.25, 0.3) is 5.56 Å². The molecule has 1 N–H and O–H groups in total. The molecule has 0 aliphatic carbocycles. The number of hydrogen-bond acceptors (Lipinski definition) is 2. The van der Waals surface area contributed by atoms with Gasteiger partial charge in [-0.2, -0.15) is 5.26 Å². The maximum absolute atomic E-state index is 11.8. The molecule has 0 amide bonds. The van der Waals surface area contributed by atoms with Crippen LogP contribution in [0.15, 0.2) is 23.0 Å². The largest absolute Gasteiger partial charge is 0.321 e. The molecule has 0 saturated heterocycles. The van der Waals surface area contributed by atoms with Crippen LogP contribution in [-0.2, 0) is 6.42 Å². The van der Waals surface area contributed by atoms with Gasteiger partial charge >= 0.3 is 0 Å². The molecule has 0 bridgehead atoms. The van der Waals surface area contributed by atoms with Crippen molar-refractivity contribution in [3.8, 4) is 6.07 Å². The van der Waals surface area contributed by atoms with Gasteiger partial charge in [0.2, 0.25) is 0 Å². The van der Waals surface area contributed by atoms with Crippen LogP contribution in [0.2, 0.25) is 0 Å². The highest BCUT2D eigenvalue weighted by Gasteiger charge is 2.06. The lowest BCUT2D eigenvalue weighted by Crippen LogP contribution is -2.13. The Kier molecular flexibility index (Phi) is 2.97. The predicted molar refractivity (Wildman–Crippen MR) is 68.0 cm³/mol. The highest BCUT2D eigenvalue weighted by atomic mass is 16.1. The summed E-state index contributed by atoms with van der Waals surface area (Å²) in [4.78, 5) is 14.7. The Labute approximate surface area is 99.7 Å². The summed E-state index contributed by atoms with van der Waals surface area (Å²) in [5, 5.41) is 9.64. The first-order chi connectivity index (χ1) is 8.13. The summed E-state index contributed by atoms with van der Waals surface area (Å²) in [6, 6.07) is 8.02. The number of aromatic nitrogens is 1. The third-order valence-corrected chi connectivity index (χ3v) is 3.03. The van der Waals surface area contributed by atoms with Crippen LogP contribution < -0.4 is 5.56 Å². The van der Waals surface area contributed by atoms with Gasteiger partial charge in [-0.1, -0.05) is 12.1 Å². The second-order valence-corrected chi connectivity index (χ2v) is 4.27. The molecular weight excluding hydrogens is 212 g/mol. The number of nitriles is 1. The summed E-state index contributed by atoms with van der Waals surface area (Å²) in [6.07, 6.45) is 0.884. The van der Waals surface area contributed by atoms with Crippen molar-refractivity contribution in [2.45, 2.75) is 26.7 Å². The molecule has 1 heterocycles. The summed E-state index contributed by atoms with van der Waals surface area (Å²) in [6.45, 7) is 4.00. The van der Waals surface area contributed by atoms with Gasteiger partial charge in [-0.05, 0) is 37.5 Å². The van der Waals surface area contributed by atoms with Crippen molar-refractivity contribution in [1.82, 2.24) is 4.98 Å². The fourth-order valence-corrected chi connectivity index (χ4v) is 1.99. The van der Waals surface area contributed by atoms with E-state index in [0.717, 1.165) is 22.0 Å². The van der Waals surface area contributed by atoms with E-state index in [0.29, 0.717) is 18.4 Å². The predicted octanol–water partition coefficient (Wildman–Crippen LogP) is 2.60.